The number of rotatable bonds is 5. The van der Waals surface area contributed by atoms with Crippen LogP contribution in [-0.2, 0) is 4.79 Å². The predicted molar refractivity (Wildman–Crippen MR) is 96.1 cm³/mol. The van der Waals surface area contributed by atoms with Crippen molar-refractivity contribution in [2.75, 3.05) is 33.3 Å². The highest BCUT2D eigenvalue weighted by atomic mass is 35.5. The number of carbonyl (C=O) groups is 2. The first-order valence-electron chi connectivity index (χ1n) is 8.67. The van der Waals surface area contributed by atoms with Crippen LogP contribution in [0.3, 0.4) is 0 Å². The Morgan fingerprint density at radius 3 is 2.52 bits per heavy atom. The Morgan fingerprint density at radius 2 is 1.92 bits per heavy atom. The summed E-state index contributed by atoms with van der Waals surface area (Å²) in [4.78, 5) is 28.9. The van der Waals surface area contributed by atoms with E-state index in [1.54, 1.807) is 23.1 Å². The van der Waals surface area contributed by atoms with Gasteiger partial charge < -0.3 is 15.0 Å². The predicted octanol–water partition coefficient (Wildman–Crippen LogP) is 1.77. The van der Waals surface area contributed by atoms with Gasteiger partial charge in [-0.1, -0.05) is 11.6 Å². The minimum absolute atomic E-state index is 0.0822. The first-order chi connectivity index (χ1) is 12.0. The Balaban J connectivity index is 1.59. The van der Waals surface area contributed by atoms with Gasteiger partial charge in [-0.15, -0.1) is 0 Å². The second kappa shape index (κ2) is 7.62. The molecule has 1 N–H and O–H groups in total. The maximum atomic E-state index is 12.8. The SMILES string of the molecule is COc1ccc(Cl)cc1C(=O)N1CCN(C(C)C(=O)NC2CC2)CC1. The molecule has 0 radical (unpaired) electrons. The smallest absolute Gasteiger partial charge is 0.257 e. The molecule has 3 rings (SSSR count). The number of piperazine rings is 1. The van der Waals surface area contributed by atoms with Gasteiger partial charge in [0.15, 0.2) is 0 Å². The van der Waals surface area contributed by atoms with Crippen LogP contribution in [0.5, 0.6) is 5.75 Å². The van der Waals surface area contributed by atoms with Crippen molar-refractivity contribution in [3.05, 3.63) is 28.8 Å². The highest BCUT2D eigenvalue weighted by Crippen LogP contribution is 2.25. The van der Waals surface area contributed by atoms with Gasteiger partial charge in [0.05, 0.1) is 18.7 Å². The Morgan fingerprint density at radius 1 is 1.24 bits per heavy atom. The maximum absolute atomic E-state index is 12.8. The van der Waals surface area contributed by atoms with Crippen LogP contribution >= 0.6 is 11.6 Å². The number of ether oxygens (including phenoxy) is 1. The summed E-state index contributed by atoms with van der Waals surface area (Å²) in [5.41, 5.74) is 0.475. The van der Waals surface area contributed by atoms with Crippen LogP contribution in [0, 0.1) is 0 Å². The molecule has 1 aliphatic heterocycles. The first-order valence-corrected chi connectivity index (χ1v) is 9.04. The number of halogens is 1. The molecule has 1 heterocycles. The lowest BCUT2D eigenvalue weighted by Crippen LogP contribution is -2.55. The average molecular weight is 366 g/mol. The van der Waals surface area contributed by atoms with Crippen molar-refractivity contribution in [1.29, 1.82) is 0 Å². The average Bonchev–Trinajstić information content (AvgIpc) is 3.44. The lowest BCUT2D eigenvalue weighted by molar-refractivity contribution is -0.126. The van der Waals surface area contributed by atoms with Gasteiger partial charge in [-0.05, 0) is 38.0 Å². The van der Waals surface area contributed by atoms with E-state index in [0.29, 0.717) is 48.6 Å². The molecule has 7 heteroatoms. The van der Waals surface area contributed by atoms with Crippen molar-refractivity contribution < 1.29 is 14.3 Å². The van der Waals surface area contributed by atoms with Crippen molar-refractivity contribution >= 4 is 23.4 Å². The van der Waals surface area contributed by atoms with E-state index in [1.807, 2.05) is 6.92 Å². The summed E-state index contributed by atoms with van der Waals surface area (Å²) in [6.45, 7) is 4.43. The first kappa shape index (κ1) is 18.0. The van der Waals surface area contributed by atoms with Gasteiger partial charge in [-0.3, -0.25) is 14.5 Å². The molecular formula is C18H24ClN3O3. The number of benzene rings is 1. The van der Waals surface area contributed by atoms with Crippen LogP contribution < -0.4 is 10.1 Å². The van der Waals surface area contributed by atoms with E-state index in [2.05, 4.69) is 10.2 Å². The molecule has 0 bridgehead atoms. The van der Waals surface area contributed by atoms with E-state index in [9.17, 15) is 9.59 Å². The standard InChI is InChI=1S/C18H24ClN3O3/c1-12(17(23)20-14-4-5-14)21-7-9-22(10-8-21)18(24)15-11-13(19)3-6-16(15)25-2/h3,6,11-12,14H,4-5,7-10H2,1-2H3,(H,20,23). The molecule has 136 valence electrons. The zero-order valence-corrected chi connectivity index (χ0v) is 15.4. The number of hydrogen-bond donors (Lipinski definition) is 1. The molecule has 1 unspecified atom stereocenters. The van der Waals surface area contributed by atoms with Gasteiger partial charge >= 0.3 is 0 Å². The van der Waals surface area contributed by atoms with E-state index in [1.165, 1.54) is 7.11 Å². The molecular weight excluding hydrogens is 342 g/mol. The van der Waals surface area contributed by atoms with Crippen LogP contribution in [0.1, 0.15) is 30.1 Å². The highest BCUT2D eigenvalue weighted by molar-refractivity contribution is 6.31. The minimum atomic E-state index is -0.168. The second-order valence-electron chi connectivity index (χ2n) is 6.63. The molecule has 0 spiro atoms. The molecule has 1 atom stereocenters. The molecule has 1 saturated heterocycles. The van der Waals surface area contributed by atoms with E-state index >= 15 is 0 Å². The summed E-state index contributed by atoms with van der Waals surface area (Å²) < 4.78 is 5.28. The third kappa shape index (κ3) is 4.25. The molecule has 6 nitrogen and oxygen atoms in total. The van der Waals surface area contributed by atoms with Gasteiger partial charge in [0.2, 0.25) is 5.91 Å². The van der Waals surface area contributed by atoms with Gasteiger partial charge in [-0.2, -0.15) is 0 Å². The zero-order valence-electron chi connectivity index (χ0n) is 14.6. The summed E-state index contributed by atoms with van der Waals surface area (Å²) in [5, 5.41) is 3.55. The topological polar surface area (TPSA) is 61.9 Å². The Labute approximate surface area is 153 Å². The molecule has 1 saturated carbocycles. The van der Waals surface area contributed by atoms with Crippen molar-refractivity contribution in [2.24, 2.45) is 0 Å². The van der Waals surface area contributed by atoms with Crippen LogP contribution in [0.25, 0.3) is 0 Å². The van der Waals surface area contributed by atoms with E-state index in [-0.39, 0.29) is 17.9 Å². The molecule has 2 aliphatic rings. The molecule has 2 fully saturated rings. The lowest BCUT2D eigenvalue weighted by Gasteiger charge is -2.37. The monoisotopic (exact) mass is 365 g/mol. The number of amides is 2. The van der Waals surface area contributed by atoms with Crippen LogP contribution in [0.4, 0.5) is 0 Å². The van der Waals surface area contributed by atoms with Crippen molar-refractivity contribution in [2.45, 2.75) is 31.8 Å². The molecule has 1 aromatic carbocycles. The number of carbonyl (C=O) groups excluding carboxylic acids is 2. The summed E-state index contributed by atoms with van der Waals surface area (Å²) >= 11 is 6.02. The van der Waals surface area contributed by atoms with Gasteiger partial charge in [0, 0.05) is 37.2 Å². The van der Waals surface area contributed by atoms with E-state index < -0.39 is 0 Å². The third-order valence-corrected chi connectivity index (χ3v) is 5.08. The lowest BCUT2D eigenvalue weighted by atomic mass is 10.1. The van der Waals surface area contributed by atoms with Crippen molar-refractivity contribution in [3.8, 4) is 5.75 Å². The fourth-order valence-corrected chi connectivity index (χ4v) is 3.22. The molecule has 25 heavy (non-hydrogen) atoms. The second-order valence-corrected chi connectivity index (χ2v) is 7.07. The molecule has 1 aromatic rings. The number of hydrogen-bond acceptors (Lipinski definition) is 4. The highest BCUT2D eigenvalue weighted by Gasteiger charge is 2.31. The molecule has 1 aliphatic carbocycles. The molecule has 0 aromatic heterocycles. The van der Waals surface area contributed by atoms with Crippen molar-refractivity contribution in [1.82, 2.24) is 15.1 Å². The summed E-state index contributed by atoms with van der Waals surface area (Å²) in [6, 6.07) is 5.25. The van der Waals surface area contributed by atoms with Gasteiger partial charge in [0.1, 0.15) is 5.75 Å². The van der Waals surface area contributed by atoms with Crippen LogP contribution in [-0.4, -0.2) is 67.0 Å². The Hall–Kier alpha value is -1.79. The number of nitrogens with one attached hydrogen (secondary N) is 1. The zero-order chi connectivity index (χ0) is 18.0. The third-order valence-electron chi connectivity index (χ3n) is 4.84. The van der Waals surface area contributed by atoms with Crippen LogP contribution in [0.15, 0.2) is 18.2 Å². The fraction of sp³-hybridized carbons (Fsp3) is 0.556. The maximum Gasteiger partial charge on any atom is 0.257 e. The molecule has 2 amide bonds. The Bertz CT molecular complexity index is 655. The quantitative estimate of drug-likeness (QED) is 0.864. The summed E-state index contributed by atoms with van der Waals surface area (Å²) in [7, 11) is 1.54. The van der Waals surface area contributed by atoms with E-state index in [4.69, 9.17) is 16.3 Å². The number of nitrogens with zero attached hydrogens (tertiary/aromatic N) is 2. The van der Waals surface area contributed by atoms with Gasteiger partial charge in [-0.25, -0.2) is 0 Å². The fourth-order valence-electron chi connectivity index (χ4n) is 3.05. The summed E-state index contributed by atoms with van der Waals surface area (Å²) in [5.74, 6) is 0.516. The minimum Gasteiger partial charge on any atom is -0.496 e. The normalized spacial score (nSPS) is 19.4. The number of methoxy groups -OCH3 is 1. The van der Waals surface area contributed by atoms with Crippen molar-refractivity contribution in [3.63, 3.8) is 0 Å². The van der Waals surface area contributed by atoms with Crippen LogP contribution in [0.2, 0.25) is 5.02 Å². The largest absolute Gasteiger partial charge is 0.496 e. The van der Waals surface area contributed by atoms with Gasteiger partial charge in [0.25, 0.3) is 5.91 Å². The Kier molecular flexibility index (Phi) is 5.49. The van der Waals surface area contributed by atoms with E-state index in [0.717, 1.165) is 12.8 Å². The summed E-state index contributed by atoms with van der Waals surface area (Å²) in [6.07, 6.45) is 2.17.